The second kappa shape index (κ2) is 6.18. The highest BCUT2D eigenvalue weighted by molar-refractivity contribution is 7.11. The molecule has 0 radical (unpaired) electrons. The monoisotopic (exact) mass is 322 g/mol. The van der Waals surface area contributed by atoms with E-state index < -0.39 is 0 Å². The summed E-state index contributed by atoms with van der Waals surface area (Å²) in [4.78, 5) is 18.7. The van der Waals surface area contributed by atoms with Crippen molar-refractivity contribution in [2.75, 3.05) is 6.54 Å². The molecule has 3 aromatic heterocycles. The molecule has 0 N–H and O–H groups in total. The summed E-state index contributed by atoms with van der Waals surface area (Å²) in [6, 6.07) is 8.35. The van der Waals surface area contributed by atoms with Crippen LogP contribution in [0.25, 0.3) is 11.4 Å². The molecule has 4 rings (SSSR count). The van der Waals surface area contributed by atoms with Crippen molar-refractivity contribution in [3.8, 4) is 11.4 Å². The molecule has 0 fully saturated rings. The topological polar surface area (TPSA) is 41.9 Å². The minimum absolute atomic E-state index is 0.777. The van der Waals surface area contributed by atoms with Crippen molar-refractivity contribution in [1.29, 1.82) is 0 Å². The van der Waals surface area contributed by atoms with Gasteiger partial charge in [0.15, 0.2) is 5.82 Å². The molecular formula is C18H18N4S. The van der Waals surface area contributed by atoms with Gasteiger partial charge in [0, 0.05) is 65.5 Å². The average molecular weight is 322 g/mol. The summed E-state index contributed by atoms with van der Waals surface area (Å²) in [5.74, 6) is 0.777. The molecule has 0 aliphatic carbocycles. The number of rotatable bonds is 3. The predicted octanol–water partition coefficient (Wildman–Crippen LogP) is 3.47. The number of thiophene rings is 1. The van der Waals surface area contributed by atoms with Gasteiger partial charge in [-0.05, 0) is 31.2 Å². The van der Waals surface area contributed by atoms with Gasteiger partial charge in [-0.15, -0.1) is 11.3 Å². The van der Waals surface area contributed by atoms with Gasteiger partial charge >= 0.3 is 0 Å². The highest BCUT2D eigenvalue weighted by Crippen LogP contribution is 2.23. The Bertz CT molecular complexity index is 813. The second-order valence-corrected chi connectivity index (χ2v) is 7.25. The number of aryl methyl sites for hydroxylation is 1. The van der Waals surface area contributed by atoms with Gasteiger partial charge in [0.1, 0.15) is 0 Å². The maximum absolute atomic E-state index is 4.75. The third-order valence-corrected chi connectivity index (χ3v) is 5.09. The summed E-state index contributed by atoms with van der Waals surface area (Å²) >= 11 is 1.88. The van der Waals surface area contributed by atoms with Crippen LogP contribution >= 0.6 is 11.3 Å². The van der Waals surface area contributed by atoms with Crippen LogP contribution in [0.2, 0.25) is 0 Å². The third-order valence-electron chi connectivity index (χ3n) is 4.11. The van der Waals surface area contributed by atoms with Crippen molar-refractivity contribution in [2.24, 2.45) is 0 Å². The van der Waals surface area contributed by atoms with E-state index in [9.17, 15) is 0 Å². The molecule has 0 unspecified atom stereocenters. The van der Waals surface area contributed by atoms with Crippen molar-refractivity contribution in [3.63, 3.8) is 0 Å². The molecule has 0 aromatic carbocycles. The van der Waals surface area contributed by atoms with E-state index in [0.29, 0.717) is 0 Å². The van der Waals surface area contributed by atoms with Crippen molar-refractivity contribution in [2.45, 2.75) is 26.4 Å². The number of hydrogen-bond acceptors (Lipinski definition) is 5. The lowest BCUT2D eigenvalue weighted by molar-refractivity contribution is 0.245. The standard InChI is InChI=1S/C18H18N4S/c1-13-4-5-16(23-13)12-22-8-6-17-15(11-22)10-20-18(21-17)14-3-2-7-19-9-14/h2-5,7,9-10H,6,8,11-12H2,1H3. The number of nitrogens with zero attached hydrogens (tertiary/aromatic N) is 4. The van der Waals surface area contributed by atoms with Gasteiger partial charge in [-0.25, -0.2) is 9.97 Å². The molecule has 3 aromatic rings. The van der Waals surface area contributed by atoms with Crippen molar-refractivity contribution in [1.82, 2.24) is 19.9 Å². The molecule has 0 bridgehead atoms. The van der Waals surface area contributed by atoms with Gasteiger partial charge in [-0.2, -0.15) is 0 Å². The first kappa shape index (κ1) is 14.5. The summed E-state index contributed by atoms with van der Waals surface area (Å²) in [5.41, 5.74) is 3.40. The van der Waals surface area contributed by atoms with E-state index in [4.69, 9.17) is 4.98 Å². The zero-order valence-electron chi connectivity index (χ0n) is 13.1. The van der Waals surface area contributed by atoms with Crippen molar-refractivity contribution < 1.29 is 0 Å². The van der Waals surface area contributed by atoms with E-state index in [1.807, 2.05) is 35.9 Å². The van der Waals surface area contributed by atoms with E-state index in [-0.39, 0.29) is 0 Å². The minimum Gasteiger partial charge on any atom is -0.293 e. The molecule has 1 aliphatic heterocycles. The van der Waals surface area contributed by atoms with Gasteiger partial charge in [-0.3, -0.25) is 9.88 Å². The highest BCUT2D eigenvalue weighted by Gasteiger charge is 2.19. The summed E-state index contributed by atoms with van der Waals surface area (Å²) in [7, 11) is 0. The Labute approximate surface area is 139 Å². The predicted molar refractivity (Wildman–Crippen MR) is 92.1 cm³/mol. The lowest BCUT2D eigenvalue weighted by Crippen LogP contribution is -2.30. The van der Waals surface area contributed by atoms with Crippen LogP contribution in [0.3, 0.4) is 0 Å². The largest absolute Gasteiger partial charge is 0.293 e. The molecule has 0 amide bonds. The SMILES string of the molecule is Cc1ccc(CN2CCc3nc(-c4cccnc4)ncc3C2)s1. The number of fused-ring (bicyclic) bond motifs is 1. The van der Waals surface area contributed by atoms with Crippen molar-refractivity contribution >= 4 is 11.3 Å². The molecule has 0 saturated carbocycles. The summed E-state index contributed by atoms with van der Waals surface area (Å²) in [6.45, 7) is 5.16. The smallest absolute Gasteiger partial charge is 0.160 e. The van der Waals surface area contributed by atoms with Crippen LogP contribution in [0.15, 0.2) is 42.9 Å². The first-order valence-corrected chi connectivity index (χ1v) is 8.62. The first-order valence-electron chi connectivity index (χ1n) is 7.81. The van der Waals surface area contributed by atoms with Crippen LogP contribution in [0.5, 0.6) is 0 Å². The Balaban J connectivity index is 1.52. The van der Waals surface area contributed by atoms with E-state index in [2.05, 4.69) is 33.9 Å². The number of hydrogen-bond donors (Lipinski definition) is 0. The summed E-state index contributed by atoms with van der Waals surface area (Å²) < 4.78 is 0. The Morgan fingerprint density at radius 3 is 2.96 bits per heavy atom. The lowest BCUT2D eigenvalue weighted by Gasteiger charge is -2.27. The van der Waals surface area contributed by atoms with Crippen LogP contribution < -0.4 is 0 Å². The van der Waals surface area contributed by atoms with E-state index >= 15 is 0 Å². The van der Waals surface area contributed by atoms with Crippen LogP contribution in [-0.4, -0.2) is 26.4 Å². The van der Waals surface area contributed by atoms with Gasteiger partial charge in [-0.1, -0.05) is 0 Å². The quantitative estimate of drug-likeness (QED) is 0.740. The first-order chi connectivity index (χ1) is 11.3. The number of pyridine rings is 1. The fraction of sp³-hybridized carbons (Fsp3) is 0.278. The number of aromatic nitrogens is 3. The minimum atomic E-state index is 0.777. The van der Waals surface area contributed by atoms with E-state index in [1.165, 1.54) is 21.0 Å². The van der Waals surface area contributed by atoms with Gasteiger partial charge in [0.25, 0.3) is 0 Å². The fourth-order valence-electron chi connectivity index (χ4n) is 2.93. The Morgan fingerprint density at radius 1 is 1.22 bits per heavy atom. The molecule has 0 saturated heterocycles. The lowest BCUT2D eigenvalue weighted by atomic mass is 10.1. The van der Waals surface area contributed by atoms with Gasteiger partial charge in [0.05, 0.1) is 5.69 Å². The maximum Gasteiger partial charge on any atom is 0.160 e. The molecule has 4 heterocycles. The highest BCUT2D eigenvalue weighted by atomic mass is 32.1. The molecule has 5 heteroatoms. The van der Waals surface area contributed by atoms with Crippen LogP contribution in [0.1, 0.15) is 21.0 Å². The second-order valence-electron chi connectivity index (χ2n) is 5.88. The van der Waals surface area contributed by atoms with Gasteiger partial charge in [0.2, 0.25) is 0 Å². The third kappa shape index (κ3) is 3.16. The van der Waals surface area contributed by atoms with Crippen LogP contribution in [0.4, 0.5) is 0 Å². The molecule has 0 atom stereocenters. The zero-order chi connectivity index (χ0) is 15.6. The van der Waals surface area contributed by atoms with Crippen molar-refractivity contribution in [3.05, 3.63) is 63.9 Å². The zero-order valence-corrected chi connectivity index (χ0v) is 13.9. The maximum atomic E-state index is 4.75. The fourth-order valence-corrected chi connectivity index (χ4v) is 3.87. The molecule has 1 aliphatic rings. The van der Waals surface area contributed by atoms with E-state index in [0.717, 1.165) is 37.4 Å². The average Bonchev–Trinajstić information content (AvgIpc) is 3.00. The van der Waals surface area contributed by atoms with Gasteiger partial charge < -0.3 is 0 Å². The Kier molecular flexibility index (Phi) is 3.89. The molecule has 4 nitrogen and oxygen atoms in total. The van der Waals surface area contributed by atoms with E-state index in [1.54, 1.807) is 6.20 Å². The van der Waals surface area contributed by atoms with Crippen LogP contribution in [-0.2, 0) is 19.5 Å². The summed E-state index contributed by atoms with van der Waals surface area (Å²) in [6.07, 6.45) is 6.55. The summed E-state index contributed by atoms with van der Waals surface area (Å²) in [5, 5.41) is 0. The molecule has 0 spiro atoms. The Morgan fingerprint density at radius 2 is 2.17 bits per heavy atom. The normalized spacial score (nSPS) is 14.7. The molecular weight excluding hydrogens is 304 g/mol. The van der Waals surface area contributed by atoms with Crippen LogP contribution in [0, 0.1) is 6.92 Å². The Hall–Kier alpha value is -2.11. The molecule has 116 valence electrons. The molecule has 23 heavy (non-hydrogen) atoms.